The highest BCUT2D eigenvalue weighted by atomic mass is 28.3. The van der Waals surface area contributed by atoms with Crippen molar-refractivity contribution in [1.29, 1.82) is 0 Å². The van der Waals surface area contributed by atoms with E-state index in [-0.39, 0.29) is 0 Å². The van der Waals surface area contributed by atoms with E-state index in [9.17, 15) is 0 Å². The van der Waals surface area contributed by atoms with Crippen LogP contribution in [0.15, 0.2) is 170 Å². The lowest BCUT2D eigenvalue weighted by Crippen LogP contribution is -2.67. The molecule has 0 aliphatic heterocycles. The van der Waals surface area contributed by atoms with Crippen molar-refractivity contribution in [3.05, 3.63) is 170 Å². The predicted octanol–water partition coefficient (Wildman–Crippen LogP) is 6.19. The lowest BCUT2D eigenvalue weighted by molar-refractivity contribution is 1.68. The molecule has 0 nitrogen and oxygen atoms in total. The summed E-state index contributed by atoms with van der Waals surface area (Å²) in [7, 11) is -4.86. The zero-order valence-electron chi connectivity index (χ0n) is 24.2. The first-order valence-corrected chi connectivity index (χ1v) is 19.8. The SMILES string of the molecule is C[Si](c1ccccc1)(c1ccccc1)c1c2ccccc2c([Si](C)(c2ccccc2)c2ccccc2)c2ccccc12. The lowest BCUT2D eigenvalue weighted by atomic mass is 10.0. The van der Waals surface area contributed by atoms with Crippen molar-refractivity contribution in [3.8, 4) is 0 Å². The van der Waals surface area contributed by atoms with Gasteiger partial charge in [-0.15, -0.1) is 0 Å². The van der Waals surface area contributed by atoms with E-state index in [1.54, 1.807) is 0 Å². The molecule has 42 heavy (non-hydrogen) atoms. The molecule has 0 fully saturated rings. The molecule has 0 unspecified atom stereocenters. The number of rotatable bonds is 6. The molecule has 0 amide bonds. The first-order chi connectivity index (χ1) is 20.6. The van der Waals surface area contributed by atoms with Gasteiger partial charge in [-0.25, -0.2) is 0 Å². The normalized spacial score (nSPS) is 12.0. The van der Waals surface area contributed by atoms with Gasteiger partial charge in [0.1, 0.15) is 16.1 Å². The number of hydrogen-bond donors (Lipinski definition) is 0. The highest BCUT2D eigenvalue weighted by Gasteiger charge is 2.41. The van der Waals surface area contributed by atoms with Crippen molar-refractivity contribution >= 4 is 68.8 Å². The molecule has 202 valence electrons. The van der Waals surface area contributed by atoms with Crippen molar-refractivity contribution < 1.29 is 0 Å². The van der Waals surface area contributed by atoms with Crippen LogP contribution in [0.3, 0.4) is 0 Å². The van der Waals surface area contributed by atoms with Gasteiger partial charge in [-0.1, -0.05) is 183 Å². The molecule has 0 bridgehead atoms. The fraction of sp³-hybridized carbons (Fsp3) is 0.0500. The highest BCUT2D eigenvalue weighted by molar-refractivity contribution is 7.15. The van der Waals surface area contributed by atoms with Crippen LogP contribution in [0.25, 0.3) is 21.5 Å². The molecule has 7 aromatic carbocycles. The third-order valence-electron chi connectivity index (χ3n) is 9.34. The van der Waals surface area contributed by atoms with Crippen molar-refractivity contribution in [2.75, 3.05) is 0 Å². The van der Waals surface area contributed by atoms with E-state index in [4.69, 9.17) is 0 Å². The second-order valence-corrected chi connectivity index (χ2v) is 19.4. The largest absolute Gasteiger partial charge is 0.147 e. The van der Waals surface area contributed by atoms with Gasteiger partial charge in [-0.2, -0.15) is 0 Å². The molecule has 0 aromatic heterocycles. The van der Waals surface area contributed by atoms with Gasteiger partial charge in [0.25, 0.3) is 0 Å². The van der Waals surface area contributed by atoms with Gasteiger partial charge in [-0.05, 0) is 52.7 Å². The van der Waals surface area contributed by atoms with Crippen molar-refractivity contribution in [1.82, 2.24) is 0 Å². The molecule has 0 saturated carbocycles. The Labute approximate surface area is 251 Å². The second-order valence-electron chi connectivity index (χ2n) is 11.6. The van der Waals surface area contributed by atoms with Crippen LogP contribution in [0, 0.1) is 0 Å². The van der Waals surface area contributed by atoms with E-state index in [0.29, 0.717) is 0 Å². The first kappa shape index (κ1) is 26.4. The fourth-order valence-electron chi connectivity index (χ4n) is 7.20. The van der Waals surface area contributed by atoms with Crippen LogP contribution in [0.4, 0.5) is 0 Å². The van der Waals surface area contributed by atoms with Gasteiger partial charge in [0.15, 0.2) is 0 Å². The third kappa shape index (κ3) is 4.10. The monoisotopic (exact) mass is 570 g/mol. The molecule has 0 spiro atoms. The van der Waals surface area contributed by atoms with E-state index in [1.807, 2.05) is 0 Å². The average molecular weight is 571 g/mol. The summed E-state index contributed by atoms with van der Waals surface area (Å²) in [4.78, 5) is 0. The predicted molar refractivity (Wildman–Crippen MR) is 188 cm³/mol. The minimum absolute atomic E-state index is 1.39. The minimum Gasteiger partial charge on any atom is -0.0624 e. The van der Waals surface area contributed by atoms with Crippen LogP contribution in [-0.2, 0) is 0 Å². The van der Waals surface area contributed by atoms with Gasteiger partial charge in [0, 0.05) is 0 Å². The summed E-state index contributed by atoms with van der Waals surface area (Å²) in [6, 6.07) is 63.5. The highest BCUT2D eigenvalue weighted by Crippen LogP contribution is 2.27. The van der Waals surface area contributed by atoms with Gasteiger partial charge < -0.3 is 0 Å². The summed E-state index contributed by atoms with van der Waals surface area (Å²) in [5.74, 6) is 0. The summed E-state index contributed by atoms with van der Waals surface area (Å²) in [5, 5.41) is 14.3. The Hall–Kier alpha value is -4.51. The summed E-state index contributed by atoms with van der Waals surface area (Å²) in [6.07, 6.45) is 0. The van der Waals surface area contributed by atoms with Crippen molar-refractivity contribution in [3.63, 3.8) is 0 Å². The van der Waals surface area contributed by atoms with Gasteiger partial charge in [-0.3, -0.25) is 0 Å². The molecule has 0 aliphatic carbocycles. The van der Waals surface area contributed by atoms with Crippen molar-refractivity contribution in [2.45, 2.75) is 13.1 Å². The maximum Gasteiger partial charge on any atom is 0.147 e. The molecule has 7 aromatic rings. The van der Waals surface area contributed by atoms with Crippen LogP contribution in [0.1, 0.15) is 0 Å². The maximum atomic E-state index is 2.55. The van der Waals surface area contributed by atoms with E-state index in [0.717, 1.165) is 0 Å². The lowest BCUT2D eigenvalue weighted by Gasteiger charge is -2.36. The summed E-state index contributed by atoms with van der Waals surface area (Å²) < 4.78 is 0. The standard InChI is InChI=1S/C40H34Si2/c1-41(31-19-7-3-8-20-31,32-21-9-4-10-22-32)39-35-27-15-17-29-37(35)40(38-30-18-16-28-36(38)39)42(2,33-23-11-5-12-24-33)34-25-13-6-14-26-34/h3-30H,1-2H3. The molecule has 0 N–H and O–H groups in total. The van der Waals surface area contributed by atoms with Gasteiger partial charge >= 0.3 is 0 Å². The van der Waals surface area contributed by atoms with Crippen LogP contribution in [0.2, 0.25) is 13.1 Å². The molecule has 0 aliphatic rings. The summed E-state index contributed by atoms with van der Waals surface area (Å²) in [6.45, 7) is 5.10. The molecule has 7 rings (SSSR count). The minimum atomic E-state index is -2.43. The molecule has 0 radical (unpaired) electrons. The number of benzene rings is 7. The topological polar surface area (TPSA) is 0 Å². The molecule has 0 heterocycles. The summed E-state index contributed by atoms with van der Waals surface area (Å²) >= 11 is 0. The molecule has 2 heteroatoms. The summed E-state index contributed by atoms with van der Waals surface area (Å²) in [5.41, 5.74) is 0. The van der Waals surface area contributed by atoms with E-state index in [1.165, 1.54) is 52.7 Å². The van der Waals surface area contributed by atoms with Crippen LogP contribution in [0.5, 0.6) is 0 Å². The van der Waals surface area contributed by atoms with Gasteiger partial charge in [0.05, 0.1) is 0 Å². The first-order valence-electron chi connectivity index (χ1n) is 14.8. The average Bonchev–Trinajstić information content (AvgIpc) is 3.08. The quantitative estimate of drug-likeness (QED) is 0.127. The molecular formula is C40H34Si2. The van der Waals surface area contributed by atoms with Crippen LogP contribution in [-0.4, -0.2) is 16.1 Å². The Kier molecular flexibility index (Phi) is 6.74. The van der Waals surface area contributed by atoms with E-state index < -0.39 is 16.1 Å². The van der Waals surface area contributed by atoms with E-state index in [2.05, 4.69) is 183 Å². The smallest absolute Gasteiger partial charge is 0.0624 e. The zero-order chi connectivity index (χ0) is 28.6. The fourth-order valence-corrected chi connectivity index (χ4v) is 15.5. The van der Waals surface area contributed by atoms with Gasteiger partial charge in [0.2, 0.25) is 0 Å². The van der Waals surface area contributed by atoms with E-state index >= 15 is 0 Å². The Morgan fingerprint density at radius 3 is 0.667 bits per heavy atom. The molecule has 0 saturated heterocycles. The second kappa shape index (κ2) is 10.7. The zero-order valence-corrected chi connectivity index (χ0v) is 26.2. The Morgan fingerprint density at radius 2 is 0.452 bits per heavy atom. The Balaban J connectivity index is 1.69. The number of fused-ring (bicyclic) bond motifs is 2. The molecular weight excluding hydrogens is 537 g/mol. The van der Waals surface area contributed by atoms with Crippen LogP contribution >= 0.6 is 0 Å². The maximum absolute atomic E-state index is 2.55. The Bertz CT molecular complexity index is 1700. The number of hydrogen-bond acceptors (Lipinski definition) is 0. The third-order valence-corrected chi connectivity index (χ3v) is 18.4. The molecule has 0 atom stereocenters. The van der Waals surface area contributed by atoms with Crippen LogP contribution < -0.4 is 31.1 Å². The Morgan fingerprint density at radius 1 is 0.262 bits per heavy atom. The van der Waals surface area contributed by atoms with Crippen molar-refractivity contribution in [2.24, 2.45) is 0 Å².